The Bertz CT molecular complexity index is 215. The molecule has 0 aliphatic carbocycles. The molecule has 0 aromatic heterocycles. The van der Waals surface area contributed by atoms with Crippen molar-refractivity contribution in [3.8, 4) is 0 Å². The van der Waals surface area contributed by atoms with Crippen molar-refractivity contribution in [1.82, 2.24) is 0 Å². The maximum Gasteiger partial charge on any atom is 0.161 e. The Kier molecular flexibility index (Phi) is 7.36. The minimum Gasteiger partial charge on any atom is -0.212 e. The van der Waals surface area contributed by atoms with Gasteiger partial charge in [-0.15, -0.1) is 0 Å². The van der Waals surface area contributed by atoms with Gasteiger partial charge in [0.2, 0.25) is 0 Å². The summed E-state index contributed by atoms with van der Waals surface area (Å²) < 4.78 is 1.93. The van der Waals surface area contributed by atoms with Crippen molar-refractivity contribution in [2.75, 3.05) is 6.54 Å². The summed E-state index contributed by atoms with van der Waals surface area (Å²) in [7, 11) is 0. The van der Waals surface area contributed by atoms with Crippen LogP contribution in [0.2, 0.25) is 0 Å². The summed E-state index contributed by atoms with van der Waals surface area (Å²) in [5.41, 5.74) is 0.525. The third-order valence-electron chi connectivity index (χ3n) is 3.28. The molecule has 0 aromatic carbocycles. The molecule has 0 N–H and O–H groups in total. The largest absolute Gasteiger partial charge is 0.212 e. The van der Waals surface area contributed by atoms with Gasteiger partial charge < -0.3 is 0 Å². The second-order valence-electron chi connectivity index (χ2n) is 5.87. The van der Waals surface area contributed by atoms with E-state index in [9.17, 15) is 0 Å². The van der Waals surface area contributed by atoms with E-state index in [1.165, 1.54) is 32.1 Å². The van der Waals surface area contributed by atoms with Crippen molar-refractivity contribution in [2.45, 2.75) is 59.8 Å². The predicted molar refractivity (Wildman–Crippen MR) is 74.1 cm³/mol. The lowest BCUT2D eigenvalue weighted by molar-refractivity contribution is -0.455. The predicted octanol–water partition coefficient (Wildman–Crippen LogP) is 4.48. The summed E-state index contributed by atoms with van der Waals surface area (Å²) in [5, 5.41) is 0. The molecule has 0 aliphatic rings. The van der Waals surface area contributed by atoms with E-state index < -0.39 is 0 Å². The number of rotatable bonds is 9. The average molecular weight is 224 g/mol. The molecule has 1 nitrogen and oxygen atoms in total. The summed E-state index contributed by atoms with van der Waals surface area (Å²) in [5.74, 6) is 0.716. The van der Waals surface area contributed by atoms with E-state index in [1.807, 2.05) is 4.58 Å². The lowest BCUT2D eigenvalue weighted by Crippen LogP contribution is -2.15. The Morgan fingerprint density at radius 1 is 1.31 bits per heavy atom. The first kappa shape index (κ1) is 15.4. The number of hydrogen-bond acceptors (Lipinski definition) is 0. The summed E-state index contributed by atoms with van der Waals surface area (Å²) in [4.78, 5) is 0. The number of nitrogens with zero attached hydrogens (tertiary/aromatic N) is 1. The highest BCUT2D eigenvalue weighted by Crippen LogP contribution is 2.29. The molecule has 0 heterocycles. The molecule has 0 aromatic rings. The quantitative estimate of drug-likeness (QED) is 0.401. The lowest BCUT2D eigenvalue weighted by Gasteiger charge is -2.24. The van der Waals surface area contributed by atoms with E-state index in [1.54, 1.807) is 6.20 Å². The van der Waals surface area contributed by atoms with Crippen LogP contribution in [0.1, 0.15) is 59.8 Å². The van der Waals surface area contributed by atoms with Crippen molar-refractivity contribution in [2.24, 2.45) is 11.3 Å². The van der Waals surface area contributed by atoms with Crippen LogP contribution >= 0.6 is 0 Å². The molecule has 1 heteroatoms. The van der Waals surface area contributed by atoms with Crippen LogP contribution in [0.5, 0.6) is 0 Å². The van der Waals surface area contributed by atoms with E-state index in [0.717, 1.165) is 6.54 Å². The molecule has 0 spiro atoms. The number of hydrogen-bond donors (Lipinski definition) is 0. The van der Waals surface area contributed by atoms with Crippen LogP contribution in [0.25, 0.3) is 0 Å². The Morgan fingerprint density at radius 3 is 2.44 bits per heavy atom. The van der Waals surface area contributed by atoms with Gasteiger partial charge in [-0.05, 0) is 31.3 Å². The van der Waals surface area contributed by atoms with Crippen molar-refractivity contribution in [3.63, 3.8) is 0 Å². The van der Waals surface area contributed by atoms with Gasteiger partial charge in [-0.2, -0.15) is 0 Å². The topological polar surface area (TPSA) is 3.01 Å². The van der Waals surface area contributed by atoms with Gasteiger partial charge in [0.15, 0.2) is 6.20 Å². The van der Waals surface area contributed by atoms with E-state index in [4.69, 9.17) is 0 Å². The van der Waals surface area contributed by atoms with E-state index >= 15 is 0 Å². The molecule has 0 saturated carbocycles. The van der Waals surface area contributed by atoms with Crippen molar-refractivity contribution in [1.29, 1.82) is 0 Å². The molecule has 94 valence electrons. The molecule has 0 bridgehead atoms. The van der Waals surface area contributed by atoms with Gasteiger partial charge in [0.25, 0.3) is 0 Å². The molecular formula is C15H30N+. The molecule has 16 heavy (non-hydrogen) atoms. The van der Waals surface area contributed by atoms with E-state index in [2.05, 4.69) is 41.0 Å². The molecule has 1 unspecified atom stereocenters. The molecule has 0 rings (SSSR count). The Hall–Kier alpha value is -0.590. The highest BCUT2D eigenvalue weighted by molar-refractivity contribution is 5.15. The van der Waals surface area contributed by atoms with Crippen LogP contribution in [0.15, 0.2) is 12.8 Å². The maximum absolute atomic E-state index is 3.90. The normalized spacial score (nSPS) is 13.5. The van der Waals surface area contributed by atoms with Crippen molar-refractivity contribution < 1.29 is 4.58 Å². The zero-order valence-electron chi connectivity index (χ0n) is 11.8. The van der Waals surface area contributed by atoms with Gasteiger partial charge in [0, 0.05) is 5.92 Å². The summed E-state index contributed by atoms with van der Waals surface area (Å²) in [6.07, 6.45) is 8.42. The first-order valence-corrected chi connectivity index (χ1v) is 6.61. The molecule has 0 radical (unpaired) electrons. The second kappa shape index (κ2) is 7.65. The fraction of sp³-hybridized carbons (Fsp3) is 0.800. The fourth-order valence-corrected chi connectivity index (χ4v) is 2.30. The summed E-state index contributed by atoms with van der Waals surface area (Å²) in [6, 6.07) is 0. The van der Waals surface area contributed by atoms with Crippen LogP contribution in [0.4, 0.5) is 0 Å². The average Bonchev–Trinajstić information content (AvgIpc) is 2.16. The third kappa shape index (κ3) is 7.67. The van der Waals surface area contributed by atoms with Crippen LogP contribution in [-0.4, -0.2) is 17.8 Å². The van der Waals surface area contributed by atoms with Gasteiger partial charge in [0.1, 0.15) is 13.3 Å². The van der Waals surface area contributed by atoms with Crippen LogP contribution in [0.3, 0.4) is 0 Å². The van der Waals surface area contributed by atoms with Crippen LogP contribution in [-0.2, 0) is 0 Å². The summed E-state index contributed by atoms with van der Waals surface area (Å²) >= 11 is 0. The van der Waals surface area contributed by atoms with E-state index in [-0.39, 0.29) is 0 Å². The molecule has 0 aliphatic heterocycles. The van der Waals surface area contributed by atoms with Crippen molar-refractivity contribution >= 4 is 6.72 Å². The fourth-order valence-electron chi connectivity index (χ4n) is 2.30. The van der Waals surface area contributed by atoms with Gasteiger partial charge in [-0.3, -0.25) is 0 Å². The first-order valence-electron chi connectivity index (χ1n) is 6.61. The molecular weight excluding hydrogens is 194 g/mol. The third-order valence-corrected chi connectivity index (χ3v) is 3.28. The Balaban J connectivity index is 3.72. The van der Waals surface area contributed by atoms with Crippen molar-refractivity contribution in [3.05, 3.63) is 12.8 Å². The minimum atomic E-state index is 0.525. The second-order valence-corrected chi connectivity index (χ2v) is 5.87. The molecule has 0 saturated heterocycles. The van der Waals surface area contributed by atoms with Gasteiger partial charge in [-0.1, -0.05) is 40.5 Å². The standard InChI is InChI=1S/C15H30N/c1-7-11-15(4,5)12-9-10-14(3)13-16(6)8-2/h8,14H,2,6-7,9-13H2,1,3-5H3/q+1. The Morgan fingerprint density at radius 2 is 1.94 bits per heavy atom. The SMILES string of the molecule is C=C[N+](=C)CC(C)CCCC(C)(C)CCC. The van der Waals surface area contributed by atoms with Gasteiger partial charge in [-0.25, -0.2) is 4.58 Å². The maximum atomic E-state index is 3.90. The Labute approximate surface area is 102 Å². The molecule has 0 amide bonds. The van der Waals surface area contributed by atoms with Crippen LogP contribution in [0, 0.1) is 11.3 Å². The zero-order valence-corrected chi connectivity index (χ0v) is 11.8. The molecule has 0 fully saturated rings. The highest BCUT2D eigenvalue weighted by Gasteiger charge is 2.17. The monoisotopic (exact) mass is 224 g/mol. The van der Waals surface area contributed by atoms with Gasteiger partial charge >= 0.3 is 0 Å². The molecule has 1 atom stereocenters. The summed E-state index contributed by atoms with van der Waals surface area (Å²) in [6.45, 7) is 18.0. The zero-order chi connectivity index (χ0) is 12.6. The lowest BCUT2D eigenvalue weighted by atomic mass is 9.82. The smallest absolute Gasteiger partial charge is 0.161 e. The minimum absolute atomic E-state index is 0.525. The van der Waals surface area contributed by atoms with Crippen LogP contribution < -0.4 is 0 Å². The highest BCUT2D eigenvalue weighted by atomic mass is 14.9. The first-order chi connectivity index (χ1) is 7.41. The van der Waals surface area contributed by atoms with Gasteiger partial charge in [0.05, 0.1) is 0 Å². The van der Waals surface area contributed by atoms with E-state index in [0.29, 0.717) is 11.3 Å².